The van der Waals surface area contributed by atoms with Gasteiger partial charge in [0.25, 0.3) is 0 Å². The number of nitrogens with zero attached hydrogens (tertiary/aromatic N) is 3. The summed E-state index contributed by atoms with van der Waals surface area (Å²) in [5, 5.41) is 0. The number of aromatic nitrogens is 1. The topological polar surface area (TPSA) is 70.6 Å². The number of fused-ring (bicyclic) bond motifs is 5. The number of carbonyl (C=O) groups is 3. The molecule has 6 heteroatoms. The second-order valence-corrected chi connectivity index (χ2v) is 6.87. The molecule has 1 aromatic heterocycles. The maximum absolute atomic E-state index is 12.6. The van der Waals surface area contributed by atoms with Gasteiger partial charge in [-0.15, -0.1) is 0 Å². The number of carbonyl (C=O) groups excluding carboxylic acids is 3. The molecule has 3 amide bonds. The van der Waals surface area contributed by atoms with Crippen molar-refractivity contribution in [2.45, 2.75) is 13.0 Å². The van der Waals surface area contributed by atoms with E-state index in [9.17, 15) is 14.4 Å². The zero-order chi connectivity index (χ0) is 16.8. The summed E-state index contributed by atoms with van der Waals surface area (Å²) in [6.45, 7) is 0.267. The smallest absolute Gasteiger partial charge is 0.242 e. The maximum Gasteiger partial charge on any atom is 0.242 e. The van der Waals surface area contributed by atoms with Gasteiger partial charge in [0.15, 0.2) is 0 Å². The van der Waals surface area contributed by atoms with Gasteiger partial charge in [0.1, 0.15) is 6.54 Å². The zero-order valence-corrected chi connectivity index (χ0v) is 13.5. The van der Waals surface area contributed by atoms with Crippen LogP contribution in [-0.2, 0) is 20.9 Å². The Bertz CT molecular complexity index is 700. The van der Waals surface area contributed by atoms with Crippen molar-refractivity contribution in [1.82, 2.24) is 14.8 Å². The summed E-state index contributed by atoms with van der Waals surface area (Å²) < 4.78 is 0. The Hall–Kier alpha value is -2.50. The molecule has 24 heavy (non-hydrogen) atoms. The average Bonchev–Trinajstić information content (AvgIpc) is 3.25. The van der Waals surface area contributed by atoms with E-state index in [2.05, 4.69) is 17.1 Å². The lowest BCUT2D eigenvalue weighted by molar-refractivity contribution is -0.146. The van der Waals surface area contributed by atoms with E-state index in [-0.39, 0.29) is 47.9 Å². The zero-order valence-electron chi connectivity index (χ0n) is 13.5. The first-order valence-corrected chi connectivity index (χ1v) is 8.22. The van der Waals surface area contributed by atoms with E-state index in [0.717, 1.165) is 12.0 Å². The van der Waals surface area contributed by atoms with Crippen molar-refractivity contribution in [3.8, 4) is 0 Å². The summed E-state index contributed by atoms with van der Waals surface area (Å²) in [5.41, 5.74) is 0.957. The molecule has 3 aliphatic rings. The van der Waals surface area contributed by atoms with Gasteiger partial charge in [-0.1, -0.05) is 12.2 Å². The Kier molecular flexibility index (Phi) is 3.48. The first-order valence-electron chi connectivity index (χ1n) is 8.22. The first-order chi connectivity index (χ1) is 11.6. The number of amides is 3. The minimum absolute atomic E-state index is 0.161. The van der Waals surface area contributed by atoms with Gasteiger partial charge in [0.2, 0.25) is 17.7 Å². The molecule has 0 N–H and O–H groups in total. The highest BCUT2D eigenvalue weighted by atomic mass is 16.2. The fourth-order valence-electron chi connectivity index (χ4n) is 4.23. The van der Waals surface area contributed by atoms with E-state index in [1.807, 2.05) is 12.1 Å². The summed E-state index contributed by atoms with van der Waals surface area (Å²) in [4.78, 5) is 44.3. The minimum atomic E-state index is -0.245. The molecular formula is C18H19N3O3. The molecule has 2 heterocycles. The van der Waals surface area contributed by atoms with E-state index in [0.29, 0.717) is 6.54 Å². The molecule has 2 bridgehead atoms. The lowest BCUT2D eigenvalue weighted by Crippen LogP contribution is -2.42. The summed E-state index contributed by atoms with van der Waals surface area (Å²) in [6, 6.07) is 3.67. The van der Waals surface area contributed by atoms with Crippen LogP contribution < -0.4 is 0 Å². The van der Waals surface area contributed by atoms with Crippen LogP contribution in [0.3, 0.4) is 0 Å². The van der Waals surface area contributed by atoms with Crippen molar-refractivity contribution in [3.63, 3.8) is 0 Å². The monoisotopic (exact) mass is 325 g/mol. The van der Waals surface area contributed by atoms with Gasteiger partial charge >= 0.3 is 0 Å². The standard InChI is InChI=1S/C18H19N3O3/c1-20(9-11-4-6-19-7-5-11)14(22)10-21-17(23)15-12-2-3-13(8-12)16(15)18(21)24/h2-7,12-13,15-16H,8-10H2,1H3/t12-,13-,15+,16+/m0/s1. The third-order valence-corrected chi connectivity index (χ3v) is 5.45. The largest absolute Gasteiger partial charge is 0.340 e. The summed E-state index contributed by atoms with van der Waals surface area (Å²) in [7, 11) is 1.68. The lowest BCUT2D eigenvalue weighted by atomic mass is 9.85. The van der Waals surface area contributed by atoms with Crippen LogP contribution in [0.2, 0.25) is 0 Å². The SMILES string of the molecule is CN(Cc1ccncc1)C(=O)CN1C(=O)[C@H]2[C@H](C1=O)[C@H]1C=C[C@H]2C1. The number of hydrogen-bond acceptors (Lipinski definition) is 4. The van der Waals surface area contributed by atoms with Crippen molar-refractivity contribution >= 4 is 17.7 Å². The summed E-state index contributed by atoms with van der Waals surface area (Å²) in [6.07, 6.45) is 8.35. The highest BCUT2D eigenvalue weighted by molar-refractivity contribution is 6.08. The molecule has 124 valence electrons. The molecule has 0 aromatic carbocycles. The van der Waals surface area contributed by atoms with Crippen LogP contribution in [0.4, 0.5) is 0 Å². The molecule has 1 saturated carbocycles. The Balaban J connectivity index is 1.43. The van der Waals surface area contributed by atoms with E-state index in [1.165, 1.54) is 9.80 Å². The molecule has 2 fully saturated rings. The quantitative estimate of drug-likeness (QED) is 0.608. The summed E-state index contributed by atoms with van der Waals surface area (Å²) >= 11 is 0. The Morgan fingerprint density at radius 1 is 1.17 bits per heavy atom. The van der Waals surface area contributed by atoms with Gasteiger partial charge in [0.05, 0.1) is 11.8 Å². The van der Waals surface area contributed by atoms with Crippen molar-refractivity contribution in [3.05, 3.63) is 42.2 Å². The minimum Gasteiger partial charge on any atom is -0.340 e. The molecule has 4 atom stereocenters. The van der Waals surface area contributed by atoms with Crippen molar-refractivity contribution < 1.29 is 14.4 Å². The van der Waals surface area contributed by atoms with E-state index >= 15 is 0 Å². The van der Waals surface area contributed by atoms with Crippen LogP contribution in [-0.4, -0.2) is 46.1 Å². The number of hydrogen-bond donors (Lipinski definition) is 0. The van der Waals surface area contributed by atoms with E-state index in [1.54, 1.807) is 19.4 Å². The van der Waals surface area contributed by atoms with Crippen molar-refractivity contribution in [2.75, 3.05) is 13.6 Å². The molecule has 1 saturated heterocycles. The third kappa shape index (κ3) is 2.25. The number of imide groups is 1. The molecule has 0 spiro atoms. The second-order valence-electron chi connectivity index (χ2n) is 6.87. The lowest BCUT2D eigenvalue weighted by Gasteiger charge is -2.22. The van der Waals surface area contributed by atoms with Crippen LogP contribution in [0.5, 0.6) is 0 Å². The van der Waals surface area contributed by atoms with Gasteiger partial charge in [-0.3, -0.25) is 24.3 Å². The maximum atomic E-state index is 12.6. The van der Waals surface area contributed by atoms with Crippen LogP contribution >= 0.6 is 0 Å². The Morgan fingerprint density at radius 3 is 2.33 bits per heavy atom. The Labute approximate surface area is 140 Å². The van der Waals surface area contributed by atoms with E-state index in [4.69, 9.17) is 0 Å². The van der Waals surface area contributed by atoms with Gasteiger partial charge in [-0.25, -0.2) is 0 Å². The number of rotatable bonds is 4. The van der Waals surface area contributed by atoms with Crippen LogP contribution in [0.1, 0.15) is 12.0 Å². The van der Waals surface area contributed by atoms with E-state index < -0.39 is 0 Å². The molecule has 6 nitrogen and oxygen atoms in total. The van der Waals surface area contributed by atoms with Crippen molar-refractivity contribution in [2.24, 2.45) is 23.7 Å². The molecule has 0 radical (unpaired) electrons. The number of pyridine rings is 1. The molecule has 1 aromatic rings. The van der Waals surface area contributed by atoms with Gasteiger partial charge < -0.3 is 4.90 Å². The number of likely N-dealkylation sites (tertiary alicyclic amines) is 1. The first kappa shape index (κ1) is 15.1. The molecule has 1 aliphatic heterocycles. The van der Waals surface area contributed by atoms with Gasteiger partial charge in [-0.2, -0.15) is 0 Å². The Morgan fingerprint density at radius 2 is 1.75 bits per heavy atom. The predicted octanol–water partition coefficient (Wildman–Crippen LogP) is 0.847. The van der Waals surface area contributed by atoms with Gasteiger partial charge in [0, 0.05) is 26.0 Å². The number of likely N-dealkylation sites (N-methyl/N-ethyl adjacent to an activating group) is 1. The molecule has 2 aliphatic carbocycles. The average molecular weight is 325 g/mol. The van der Waals surface area contributed by atoms with Crippen LogP contribution in [0.15, 0.2) is 36.7 Å². The molecular weight excluding hydrogens is 306 g/mol. The molecule has 0 unspecified atom stereocenters. The van der Waals surface area contributed by atoms with Gasteiger partial charge in [-0.05, 0) is 36.0 Å². The third-order valence-electron chi connectivity index (χ3n) is 5.45. The normalized spacial score (nSPS) is 30.1. The highest BCUT2D eigenvalue weighted by Crippen LogP contribution is 2.52. The fraction of sp³-hybridized carbons (Fsp3) is 0.444. The van der Waals surface area contributed by atoms with Crippen molar-refractivity contribution in [1.29, 1.82) is 0 Å². The van der Waals surface area contributed by atoms with Crippen LogP contribution in [0, 0.1) is 23.7 Å². The highest BCUT2D eigenvalue weighted by Gasteiger charge is 2.59. The second kappa shape index (κ2) is 5.54. The fourth-order valence-corrected chi connectivity index (χ4v) is 4.23. The molecule has 4 rings (SSSR count). The summed E-state index contributed by atoms with van der Waals surface area (Å²) in [5.74, 6) is -0.720. The van der Waals surface area contributed by atoms with Crippen LogP contribution in [0.25, 0.3) is 0 Å². The predicted molar refractivity (Wildman–Crippen MR) is 85.1 cm³/mol. The number of allylic oxidation sites excluding steroid dienone is 2.